The highest BCUT2D eigenvalue weighted by atomic mass is 19.4. The van der Waals surface area contributed by atoms with E-state index in [1.54, 1.807) is 30.6 Å². The van der Waals surface area contributed by atoms with Gasteiger partial charge in [0.2, 0.25) is 0 Å². The topological polar surface area (TPSA) is 99.0 Å². The van der Waals surface area contributed by atoms with Crippen molar-refractivity contribution >= 4 is 5.91 Å². The smallest absolute Gasteiger partial charge is 0.377 e. The van der Waals surface area contributed by atoms with Crippen molar-refractivity contribution in [2.45, 2.75) is 18.3 Å². The van der Waals surface area contributed by atoms with Crippen LogP contribution in [-0.2, 0) is 10.9 Å². The maximum Gasteiger partial charge on any atom is 0.433 e. The van der Waals surface area contributed by atoms with E-state index in [1.807, 2.05) is 0 Å². The second kappa shape index (κ2) is 8.26. The number of halogens is 3. The van der Waals surface area contributed by atoms with Crippen molar-refractivity contribution in [2.24, 2.45) is 0 Å². The van der Waals surface area contributed by atoms with Crippen LogP contribution in [0.4, 0.5) is 13.2 Å². The van der Waals surface area contributed by atoms with Crippen molar-refractivity contribution in [3.63, 3.8) is 0 Å². The highest BCUT2D eigenvalue weighted by molar-refractivity contribution is 5.94. The quantitative estimate of drug-likeness (QED) is 0.679. The van der Waals surface area contributed by atoms with Crippen LogP contribution in [0.5, 0.6) is 0 Å². The first-order valence-corrected chi connectivity index (χ1v) is 9.25. The summed E-state index contributed by atoms with van der Waals surface area (Å²) in [5.41, 5.74) is -0.187. The molecule has 0 aromatic carbocycles. The first-order valence-electron chi connectivity index (χ1n) is 9.25. The molecule has 0 radical (unpaired) electrons. The van der Waals surface area contributed by atoms with Gasteiger partial charge in [0.25, 0.3) is 11.5 Å². The molecule has 1 amide bonds. The van der Waals surface area contributed by atoms with Gasteiger partial charge in [-0.15, -0.1) is 0 Å². The number of nitrogens with zero attached hydrogens (tertiary/aromatic N) is 4. The molecular weight excluding hydrogens is 415 g/mol. The molecule has 4 heterocycles. The van der Waals surface area contributed by atoms with Crippen LogP contribution in [0.25, 0.3) is 11.3 Å². The molecule has 1 aliphatic heterocycles. The van der Waals surface area contributed by atoms with Crippen LogP contribution in [-0.4, -0.2) is 44.9 Å². The first-order chi connectivity index (χ1) is 14.8. The lowest BCUT2D eigenvalue weighted by Crippen LogP contribution is -2.44. The summed E-state index contributed by atoms with van der Waals surface area (Å²) in [5.74, 6) is -0.625. The van der Waals surface area contributed by atoms with E-state index in [1.165, 1.54) is 10.7 Å². The van der Waals surface area contributed by atoms with Gasteiger partial charge < -0.3 is 10.1 Å². The Morgan fingerprint density at radius 2 is 1.87 bits per heavy atom. The van der Waals surface area contributed by atoms with Crippen molar-refractivity contribution in [3.8, 4) is 11.3 Å². The summed E-state index contributed by atoms with van der Waals surface area (Å²) in [6, 6.07) is 7.06. The Labute approximate surface area is 173 Å². The van der Waals surface area contributed by atoms with E-state index in [0.717, 1.165) is 23.9 Å². The normalized spacial score (nSPS) is 18.7. The number of rotatable bonds is 4. The molecule has 4 rings (SSSR count). The number of aromatic nitrogens is 4. The van der Waals surface area contributed by atoms with Crippen molar-refractivity contribution in [1.82, 2.24) is 25.1 Å². The third kappa shape index (κ3) is 4.45. The second-order valence-electron chi connectivity index (χ2n) is 6.85. The minimum absolute atomic E-state index is 0.0375. The van der Waals surface area contributed by atoms with E-state index in [4.69, 9.17) is 4.74 Å². The lowest BCUT2D eigenvalue weighted by molar-refractivity contribution is -0.141. The molecule has 0 spiro atoms. The Kier molecular flexibility index (Phi) is 5.51. The van der Waals surface area contributed by atoms with Crippen LogP contribution in [0, 0.1) is 0 Å². The number of ether oxygens (including phenoxy) is 1. The predicted octanol–water partition coefficient (Wildman–Crippen LogP) is 2.09. The third-order valence-corrected chi connectivity index (χ3v) is 4.80. The number of pyridine rings is 2. The second-order valence-corrected chi connectivity index (χ2v) is 6.85. The first kappa shape index (κ1) is 20.7. The van der Waals surface area contributed by atoms with E-state index >= 15 is 0 Å². The fourth-order valence-corrected chi connectivity index (χ4v) is 3.21. The van der Waals surface area contributed by atoms with Crippen LogP contribution in [0.2, 0.25) is 0 Å². The van der Waals surface area contributed by atoms with Crippen LogP contribution < -0.4 is 10.9 Å². The maximum atomic E-state index is 12.7. The molecule has 1 saturated heterocycles. The fourth-order valence-electron chi connectivity index (χ4n) is 3.21. The van der Waals surface area contributed by atoms with Gasteiger partial charge >= 0.3 is 6.18 Å². The van der Waals surface area contributed by atoms with E-state index in [9.17, 15) is 22.8 Å². The molecule has 1 aliphatic rings. The SMILES string of the molecule is O=C(NC1COCC1n1nc(-c2ccncc2)ccc1=O)c1ccc(C(F)(F)F)nc1. The number of nitrogens with one attached hydrogen (secondary N) is 1. The number of amides is 1. The highest BCUT2D eigenvalue weighted by Gasteiger charge is 2.34. The summed E-state index contributed by atoms with van der Waals surface area (Å²) in [7, 11) is 0. The fraction of sp³-hybridized carbons (Fsp3) is 0.250. The van der Waals surface area contributed by atoms with Gasteiger partial charge in [0.05, 0.1) is 30.5 Å². The molecule has 2 atom stereocenters. The summed E-state index contributed by atoms with van der Waals surface area (Å²) >= 11 is 0. The number of hydrogen-bond donors (Lipinski definition) is 1. The number of carbonyl (C=O) groups is 1. The van der Waals surface area contributed by atoms with Crippen LogP contribution in [0.3, 0.4) is 0 Å². The molecule has 8 nitrogen and oxygen atoms in total. The van der Waals surface area contributed by atoms with E-state index in [0.29, 0.717) is 5.69 Å². The molecule has 2 unspecified atom stereocenters. The summed E-state index contributed by atoms with van der Waals surface area (Å²) in [5, 5.41) is 7.09. The van der Waals surface area contributed by atoms with Gasteiger partial charge in [-0.05, 0) is 30.3 Å². The molecule has 11 heteroatoms. The van der Waals surface area contributed by atoms with Gasteiger partial charge in [-0.1, -0.05) is 0 Å². The van der Waals surface area contributed by atoms with Crippen LogP contribution in [0.1, 0.15) is 22.1 Å². The predicted molar refractivity (Wildman–Crippen MR) is 102 cm³/mol. The van der Waals surface area contributed by atoms with Gasteiger partial charge in [-0.3, -0.25) is 19.6 Å². The van der Waals surface area contributed by atoms with E-state index < -0.39 is 29.9 Å². The average Bonchev–Trinajstić information content (AvgIpc) is 3.22. The van der Waals surface area contributed by atoms with Gasteiger partial charge in [0.15, 0.2) is 0 Å². The van der Waals surface area contributed by atoms with Gasteiger partial charge in [-0.25, -0.2) is 4.68 Å². The number of carbonyl (C=O) groups excluding carboxylic acids is 1. The molecule has 31 heavy (non-hydrogen) atoms. The van der Waals surface area contributed by atoms with Crippen molar-refractivity contribution in [2.75, 3.05) is 13.2 Å². The molecule has 3 aromatic rings. The van der Waals surface area contributed by atoms with E-state index in [-0.39, 0.29) is 24.3 Å². The Morgan fingerprint density at radius 1 is 1.10 bits per heavy atom. The van der Waals surface area contributed by atoms with Crippen molar-refractivity contribution in [3.05, 3.63) is 76.6 Å². The molecule has 3 aromatic heterocycles. The zero-order valence-electron chi connectivity index (χ0n) is 15.9. The Bertz CT molecular complexity index is 1130. The largest absolute Gasteiger partial charge is 0.433 e. The molecule has 0 aliphatic carbocycles. The number of hydrogen-bond acceptors (Lipinski definition) is 6. The summed E-state index contributed by atoms with van der Waals surface area (Å²) in [4.78, 5) is 32.2. The van der Waals surface area contributed by atoms with Crippen LogP contribution >= 0.6 is 0 Å². The van der Waals surface area contributed by atoms with Crippen molar-refractivity contribution < 1.29 is 22.7 Å². The Morgan fingerprint density at radius 3 is 2.55 bits per heavy atom. The zero-order chi connectivity index (χ0) is 22.0. The molecule has 0 saturated carbocycles. The van der Waals surface area contributed by atoms with Crippen LogP contribution in [0.15, 0.2) is 59.8 Å². The lowest BCUT2D eigenvalue weighted by atomic mass is 10.1. The van der Waals surface area contributed by atoms with Gasteiger partial charge in [-0.2, -0.15) is 18.3 Å². The van der Waals surface area contributed by atoms with E-state index in [2.05, 4.69) is 20.4 Å². The molecule has 0 bridgehead atoms. The number of alkyl halides is 3. The Hall–Kier alpha value is -3.60. The molecule has 1 fully saturated rings. The molecular formula is C20H16F3N5O3. The molecule has 160 valence electrons. The maximum absolute atomic E-state index is 12.7. The minimum Gasteiger partial charge on any atom is -0.377 e. The molecule has 1 N–H and O–H groups in total. The summed E-state index contributed by atoms with van der Waals surface area (Å²) in [6.45, 7) is 0.265. The minimum atomic E-state index is -4.59. The van der Waals surface area contributed by atoms with Gasteiger partial charge in [0.1, 0.15) is 11.7 Å². The average molecular weight is 431 g/mol. The summed E-state index contributed by atoms with van der Waals surface area (Å²) in [6.07, 6.45) is -0.526. The zero-order valence-corrected chi connectivity index (χ0v) is 15.9. The van der Waals surface area contributed by atoms with Crippen molar-refractivity contribution in [1.29, 1.82) is 0 Å². The highest BCUT2D eigenvalue weighted by Crippen LogP contribution is 2.27. The monoisotopic (exact) mass is 431 g/mol. The standard InChI is InChI=1S/C20H16F3N5O3/c21-20(22,23)17-3-1-13(9-25-17)19(30)26-15-10-31-11-16(15)28-18(29)4-2-14(27-28)12-5-7-24-8-6-12/h1-9,15-16H,10-11H2,(H,26,30). The Balaban J connectivity index is 1.54. The third-order valence-electron chi connectivity index (χ3n) is 4.80. The van der Waals surface area contributed by atoms with Gasteiger partial charge in [0, 0.05) is 30.2 Å². The summed E-state index contributed by atoms with van der Waals surface area (Å²) < 4.78 is 44.7. The lowest BCUT2D eigenvalue weighted by Gasteiger charge is -2.20.